The Morgan fingerprint density at radius 2 is 1.80 bits per heavy atom. The number of rotatable bonds is 4. The number of ether oxygens (including phenoxy) is 3. The summed E-state index contributed by atoms with van der Waals surface area (Å²) in [6.45, 7) is 4.20. The van der Waals surface area contributed by atoms with Gasteiger partial charge in [0.25, 0.3) is 0 Å². The van der Waals surface area contributed by atoms with E-state index in [2.05, 4.69) is 18.8 Å². The van der Waals surface area contributed by atoms with E-state index in [1.807, 2.05) is 24.4 Å². The maximum Gasteiger partial charge on any atom is 0.209 e. The fourth-order valence-electron chi connectivity index (χ4n) is 3.25. The second kappa shape index (κ2) is 7.17. The van der Waals surface area contributed by atoms with Crippen LogP contribution in [0.2, 0.25) is 0 Å². The quantitative estimate of drug-likeness (QED) is 0.927. The third-order valence-electron chi connectivity index (χ3n) is 4.52. The van der Waals surface area contributed by atoms with E-state index in [-0.39, 0.29) is 18.0 Å². The van der Waals surface area contributed by atoms with Gasteiger partial charge < -0.3 is 19.2 Å². The number of aromatic nitrogens is 1. The van der Waals surface area contributed by atoms with Crippen LogP contribution in [0.4, 0.5) is 0 Å². The molecule has 25 heavy (non-hydrogen) atoms. The van der Waals surface area contributed by atoms with Crippen molar-refractivity contribution in [1.82, 2.24) is 4.98 Å². The summed E-state index contributed by atoms with van der Waals surface area (Å²) in [5.74, 6) is 2.44. The van der Waals surface area contributed by atoms with Crippen molar-refractivity contribution in [3.05, 3.63) is 30.0 Å². The Bertz CT molecular complexity index is 807. The molecule has 2 atom stereocenters. The third-order valence-corrected chi connectivity index (χ3v) is 4.52. The van der Waals surface area contributed by atoms with Gasteiger partial charge in [0.05, 0.1) is 21.3 Å². The van der Waals surface area contributed by atoms with E-state index in [1.54, 1.807) is 21.3 Å². The summed E-state index contributed by atoms with van der Waals surface area (Å²) in [4.78, 5) is 12.8. The number of aliphatic imine (C=N–C) groups is 2. The van der Waals surface area contributed by atoms with E-state index < -0.39 is 0 Å². The van der Waals surface area contributed by atoms with Gasteiger partial charge >= 0.3 is 0 Å². The van der Waals surface area contributed by atoms with Gasteiger partial charge in [0, 0.05) is 23.5 Å². The Labute approximate surface area is 147 Å². The summed E-state index contributed by atoms with van der Waals surface area (Å²) in [6.07, 6.45) is 2.65. The lowest BCUT2D eigenvalue weighted by molar-refractivity contribution is 0.333. The van der Waals surface area contributed by atoms with Crippen molar-refractivity contribution in [2.75, 3.05) is 21.3 Å². The summed E-state index contributed by atoms with van der Waals surface area (Å²) in [7, 11) is 4.97. The lowest BCUT2D eigenvalue weighted by Gasteiger charge is -2.27. The molecule has 0 fully saturated rings. The topological polar surface area (TPSA) is 68.2 Å². The van der Waals surface area contributed by atoms with Gasteiger partial charge in [-0.25, -0.2) is 9.98 Å². The van der Waals surface area contributed by atoms with Crippen molar-refractivity contribution >= 4 is 22.7 Å². The summed E-state index contributed by atoms with van der Waals surface area (Å²) in [5.41, 5.74) is 2.15. The molecule has 0 amide bonds. The molecule has 1 aliphatic heterocycles. The van der Waals surface area contributed by atoms with Gasteiger partial charge in [-0.3, -0.25) is 0 Å². The SMILES string of the molecule is COC1=N[C@H](Cc2c[nH]c3cccc(OC)c23)C(OC)=N[C@H]1C(C)C. The van der Waals surface area contributed by atoms with Gasteiger partial charge in [0.1, 0.15) is 17.8 Å². The zero-order valence-electron chi connectivity index (χ0n) is 15.4. The van der Waals surface area contributed by atoms with E-state index in [4.69, 9.17) is 24.2 Å². The van der Waals surface area contributed by atoms with E-state index in [0.29, 0.717) is 18.2 Å². The minimum absolute atomic E-state index is 0.103. The first-order valence-electron chi connectivity index (χ1n) is 8.45. The molecule has 1 N–H and O–H groups in total. The Morgan fingerprint density at radius 3 is 2.44 bits per heavy atom. The van der Waals surface area contributed by atoms with Crippen LogP contribution < -0.4 is 4.74 Å². The van der Waals surface area contributed by atoms with Gasteiger partial charge in [-0.1, -0.05) is 19.9 Å². The zero-order chi connectivity index (χ0) is 18.0. The first-order valence-corrected chi connectivity index (χ1v) is 8.45. The molecule has 6 heteroatoms. The zero-order valence-corrected chi connectivity index (χ0v) is 15.4. The second-order valence-corrected chi connectivity index (χ2v) is 6.45. The summed E-state index contributed by atoms with van der Waals surface area (Å²) in [5, 5.41) is 1.07. The summed E-state index contributed by atoms with van der Waals surface area (Å²) < 4.78 is 16.6. The van der Waals surface area contributed by atoms with Crippen molar-refractivity contribution in [2.24, 2.45) is 15.9 Å². The van der Waals surface area contributed by atoms with Crippen molar-refractivity contribution in [1.29, 1.82) is 0 Å². The van der Waals surface area contributed by atoms with Crippen LogP contribution in [0.5, 0.6) is 5.75 Å². The Balaban J connectivity index is 1.97. The van der Waals surface area contributed by atoms with E-state index in [1.165, 1.54) is 0 Å². The van der Waals surface area contributed by atoms with Gasteiger partial charge in [-0.2, -0.15) is 0 Å². The average molecular weight is 343 g/mol. The highest BCUT2D eigenvalue weighted by atomic mass is 16.5. The van der Waals surface area contributed by atoms with Crippen LogP contribution in [0.15, 0.2) is 34.4 Å². The normalized spacial score (nSPS) is 20.4. The van der Waals surface area contributed by atoms with Crippen molar-refractivity contribution in [2.45, 2.75) is 32.4 Å². The molecule has 0 bridgehead atoms. The molecule has 2 heterocycles. The smallest absolute Gasteiger partial charge is 0.209 e. The van der Waals surface area contributed by atoms with Gasteiger partial charge in [0.2, 0.25) is 11.8 Å². The number of fused-ring (bicyclic) bond motifs is 1. The highest BCUT2D eigenvalue weighted by Crippen LogP contribution is 2.30. The molecule has 1 aliphatic rings. The van der Waals surface area contributed by atoms with Crippen molar-refractivity contribution < 1.29 is 14.2 Å². The molecule has 6 nitrogen and oxygen atoms in total. The molecule has 0 unspecified atom stereocenters. The summed E-state index contributed by atoms with van der Waals surface area (Å²) in [6, 6.07) is 5.66. The molecule has 1 aromatic heterocycles. The second-order valence-electron chi connectivity index (χ2n) is 6.45. The van der Waals surface area contributed by atoms with Crippen LogP contribution in [-0.2, 0) is 15.9 Å². The average Bonchev–Trinajstić information content (AvgIpc) is 3.04. The molecule has 1 aromatic carbocycles. The fraction of sp³-hybridized carbons (Fsp3) is 0.474. The van der Waals surface area contributed by atoms with E-state index in [0.717, 1.165) is 22.2 Å². The fourth-order valence-corrected chi connectivity index (χ4v) is 3.25. The van der Waals surface area contributed by atoms with Crippen LogP contribution in [0, 0.1) is 5.92 Å². The van der Waals surface area contributed by atoms with Gasteiger partial charge in [-0.05, 0) is 23.6 Å². The largest absolute Gasteiger partial charge is 0.496 e. The highest BCUT2D eigenvalue weighted by molar-refractivity contribution is 5.95. The first kappa shape index (κ1) is 17.3. The molecule has 2 aromatic rings. The van der Waals surface area contributed by atoms with Crippen molar-refractivity contribution in [3.8, 4) is 5.75 Å². The number of hydrogen-bond acceptors (Lipinski definition) is 5. The van der Waals surface area contributed by atoms with Gasteiger partial charge in [-0.15, -0.1) is 0 Å². The molecule has 0 spiro atoms. The van der Waals surface area contributed by atoms with Crippen molar-refractivity contribution in [3.63, 3.8) is 0 Å². The maximum absolute atomic E-state index is 5.54. The Hall–Kier alpha value is -2.50. The molecule has 0 saturated carbocycles. The number of H-pyrrole nitrogens is 1. The molecule has 134 valence electrons. The number of hydrogen-bond donors (Lipinski definition) is 1. The van der Waals surface area contributed by atoms with Crippen LogP contribution in [-0.4, -0.2) is 50.2 Å². The van der Waals surface area contributed by atoms with E-state index >= 15 is 0 Å². The van der Waals surface area contributed by atoms with Gasteiger partial charge in [0.15, 0.2) is 0 Å². The number of benzene rings is 1. The predicted molar refractivity (Wildman–Crippen MR) is 99.9 cm³/mol. The van der Waals surface area contributed by atoms with Crippen LogP contribution in [0.3, 0.4) is 0 Å². The number of nitrogens with zero attached hydrogens (tertiary/aromatic N) is 2. The lowest BCUT2D eigenvalue weighted by atomic mass is 10.00. The minimum atomic E-state index is -0.209. The molecule has 0 saturated heterocycles. The van der Waals surface area contributed by atoms with Crippen LogP contribution in [0.1, 0.15) is 19.4 Å². The van der Waals surface area contributed by atoms with Crippen LogP contribution in [0.25, 0.3) is 10.9 Å². The van der Waals surface area contributed by atoms with Crippen LogP contribution >= 0.6 is 0 Å². The molecule has 3 rings (SSSR count). The van der Waals surface area contributed by atoms with E-state index in [9.17, 15) is 0 Å². The molecule has 0 aliphatic carbocycles. The third kappa shape index (κ3) is 3.21. The number of methoxy groups -OCH3 is 3. The molecular formula is C19H25N3O3. The minimum Gasteiger partial charge on any atom is -0.496 e. The standard InChI is InChI=1S/C19H25N3O3/c1-11(2)17-19(25-5)21-14(18(22-17)24-4)9-12-10-20-13-7-6-8-15(23-3)16(12)13/h6-8,10-11,14,17,20H,9H2,1-5H3/t14-,17+/m1/s1. The Morgan fingerprint density at radius 1 is 1.04 bits per heavy atom. The molecule has 0 radical (unpaired) electrons. The monoisotopic (exact) mass is 343 g/mol. The lowest BCUT2D eigenvalue weighted by Crippen LogP contribution is -2.38. The first-order chi connectivity index (χ1) is 12.1. The maximum atomic E-state index is 5.54. The predicted octanol–water partition coefficient (Wildman–Crippen LogP) is 3.22. The number of nitrogens with one attached hydrogen (secondary N) is 1. The summed E-state index contributed by atoms with van der Waals surface area (Å²) >= 11 is 0. The highest BCUT2D eigenvalue weighted by Gasteiger charge is 2.31. The molecular weight excluding hydrogens is 318 g/mol. The Kier molecular flexibility index (Phi) is 4.97. The number of aromatic amines is 1.